The Morgan fingerprint density at radius 3 is 2.15 bits per heavy atom. The summed E-state index contributed by atoms with van der Waals surface area (Å²) in [5, 5.41) is 0.906. The van der Waals surface area contributed by atoms with Crippen molar-refractivity contribution in [2.45, 2.75) is 45.6 Å². The molecule has 0 spiro atoms. The van der Waals surface area contributed by atoms with E-state index in [0.717, 1.165) is 11.5 Å². The van der Waals surface area contributed by atoms with Gasteiger partial charge in [0.05, 0.1) is 5.60 Å². The molecule has 0 aromatic heterocycles. The van der Waals surface area contributed by atoms with Gasteiger partial charge in [-0.05, 0) is 20.3 Å². The Hall–Kier alpha value is -0.900. The lowest BCUT2D eigenvalue weighted by atomic mass is 10.1. The van der Waals surface area contributed by atoms with E-state index < -0.39 is 5.60 Å². The van der Waals surface area contributed by atoms with E-state index in [1.165, 1.54) is 0 Å². The Kier molecular flexibility index (Phi) is 2.71. The van der Waals surface area contributed by atoms with Crippen molar-refractivity contribution in [1.82, 2.24) is 5.06 Å². The topological polar surface area (TPSA) is 46.6 Å². The second kappa shape index (κ2) is 3.46. The summed E-state index contributed by atoms with van der Waals surface area (Å²) in [4.78, 5) is 27.6. The van der Waals surface area contributed by atoms with Gasteiger partial charge in [0.15, 0.2) is 0 Å². The summed E-state index contributed by atoms with van der Waals surface area (Å²) in [6, 6.07) is 0. The summed E-state index contributed by atoms with van der Waals surface area (Å²) in [5.74, 6) is -0.460. The maximum atomic E-state index is 11.2. The smallest absolute Gasteiger partial charge is 0.254 e. The van der Waals surface area contributed by atoms with Gasteiger partial charge in [-0.2, -0.15) is 5.06 Å². The second-order valence-corrected chi connectivity index (χ2v) is 3.79. The first-order valence-corrected chi connectivity index (χ1v) is 4.51. The highest BCUT2D eigenvalue weighted by Crippen LogP contribution is 2.21. The quantitative estimate of drug-likeness (QED) is 0.622. The van der Waals surface area contributed by atoms with Crippen LogP contribution in [0.15, 0.2) is 0 Å². The minimum absolute atomic E-state index is 0.230. The summed E-state index contributed by atoms with van der Waals surface area (Å²) in [7, 11) is 0. The number of hydroxylamine groups is 2. The van der Waals surface area contributed by atoms with Crippen molar-refractivity contribution in [1.29, 1.82) is 0 Å². The van der Waals surface area contributed by atoms with Crippen LogP contribution in [0.2, 0.25) is 0 Å². The lowest BCUT2D eigenvalue weighted by Crippen LogP contribution is -2.38. The van der Waals surface area contributed by atoms with Crippen LogP contribution in [0.1, 0.15) is 40.0 Å². The van der Waals surface area contributed by atoms with Gasteiger partial charge in [-0.15, -0.1) is 0 Å². The third-order valence-corrected chi connectivity index (χ3v) is 2.20. The molecule has 0 radical (unpaired) electrons. The number of carbonyl (C=O) groups excluding carboxylic acids is 2. The van der Waals surface area contributed by atoms with Crippen LogP contribution in [-0.4, -0.2) is 22.5 Å². The van der Waals surface area contributed by atoms with Crippen LogP contribution in [0, 0.1) is 0 Å². The van der Waals surface area contributed by atoms with Gasteiger partial charge in [-0.1, -0.05) is 6.92 Å². The molecule has 0 N–H and O–H groups in total. The summed E-state index contributed by atoms with van der Waals surface area (Å²) in [5.41, 5.74) is -0.449. The third-order valence-electron chi connectivity index (χ3n) is 2.20. The molecule has 0 aromatic carbocycles. The Labute approximate surface area is 77.8 Å². The van der Waals surface area contributed by atoms with Crippen LogP contribution < -0.4 is 0 Å². The first-order chi connectivity index (χ1) is 5.96. The Morgan fingerprint density at radius 2 is 1.77 bits per heavy atom. The molecule has 4 heteroatoms. The van der Waals surface area contributed by atoms with E-state index in [0.29, 0.717) is 0 Å². The van der Waals surface area contributed by atoms with Crippen molar-refractivity contribution in [3.8, 4) is 0 Å². The van der Waals surface area contributed by atoms with Crippen LogP contribution in [0.25, 0.3) is 0 Å². The standard InChI is InChI=1S/C9H15NO3/c1-4-9(2,3)13-10-7(11)5-6-8(10)12/h4-6H2,1-3H3. The van der Waals surface area contributed by atoms with Crippen molar-refractivity contribution in [3.05, 3.63) is 0 Å². The van der Waals surface area contributed by atoms with E-state index in [9.17, 15) is 9.59 Å². The largest absolute Gasteiger partial charge is 0.272 e. The van der Waals surface area contributed by atoms with E-state index in [1.54, 1.807) is 0 Å². The van der Waals surface area contributed by atoms with Crippen LogP contribution in [0.5, 0.6) is 0 Å². The summed E-state index contributed by atoms with van der Waals surface area (Å²) >= 11 is 0. The molecule has 0 atom stereocenters. The molecule has 0 saturated carbocycles. The van der Waals surface area contributed by atoms with Crippen molar-refractivity contribution in [2.24, 2.45) is 0 Å². The predicted octanol–water partition coefficient (Wildman–Crippen LogP) is 1.26. The number of imide groups is 1. The Balaban J connectivity index is 2.62. The second-order valence-electron chi connectivity index (χ2n) is 3.79. The molecule has 1 rings (SSSR count). The predicted molar refractivity (Wildman–Crippen MR) is 46.5 cm³/mol. The highest BCUT2D eigenvalue weighted by atomic mass is 16.7. The zero-order valence-electron chi connectivity index (χ0n) is 8.29. The number of carbonyl (C=O) groups is 2. The zero-order chi connectivity index (χ0) is 10.1. The average Bonchev–Trinajstić information content (AvgIpc) is 2.36. The fraction of sp³-hybridized carbons (Fsp3) is 0.778. The maximum absolute atomic E-state index is 11.2. The lowest BCUT2D eigenvalue weighted by Gasteiger charge is -2.27. The minimum Gasteiger partial charge on any atom is -0.272 e. The van der Waals surface area contributed by atoms with Crippen molar-refractivity contribution >= 4 is 11.8 Å². The first kappa shape index (κ1) is 10.2. The summed E-state index contributed by atoms with van der Waals surface area (Å²) in [6.07, 6.45) is 1.31. The van der Waals surface area contributed by atoms with Crippen molar-refractivity contribution < 1.29 is 14.4 Å². The molecule has 2 amide bonds. The molecule has 1 saturated heterocycles. The molecule has 74 valence electrons. The van der Waals surface area contributed by atoms with Gasteiger partial charge in [0.1, 0.15) is 0 Å². The Morgan fingerprint density at radius 1 is 1.31 bits per heavy atom. The zero-order valence-corrected chi connectivity index (χ0v) is 8.29. The minimum atomic E-state index is -0.449. The highest BCUT2D eigenvalue weighted by Gasteiger charge is 2.34. The number of amides is 2. The summed E-state index contributed by atoms with van der Waals surface area (Å²) in [6.45, 7) is 5.66. The van der Waals surface area contributed by atoms with Gasteiger partial charge in [0, 0.05) is 12.8 Å². The molecule has 1 aliphatic heterocycles. The number of nitrogens with zero attached hydrogens (tertiary/aromatic N) is 1. The fourth-order valence-electron chi connectivity index (χ4n) is 0.970. The fourth-order valence-corrected chi connectivity index (χ4v) is 0.970. The van der Waals surface area contributed by atoms with E-state index in [1.807, 2.05) is 20.8 Å². The molecule has 1 heterocycles. The highest BCUT2D eigenvalue weighted by molar-refractivity contribution is 6.00. The third kappa shape index (κ3) is 2.28. The van der Waals surface area contributed by atoms with Crippen molar-refractivity contribution in [2.75, 3.05) is 0 Å². The monoisotopic (exact) mass is 185 g/mol. The molecule has 1 aliphatic rings. The normalized spacial score (nSPS) is 18.5. The van der Waals surface area contributed by atoms with Gasteiger partial charge in [-0.3, -0.25) is 14.4 Å². The Bertz CT molecular complexity index is 219. The molecule has 4 nitrogen and oxygen atoms in total. The number of hydrogen-bond acceptors (Lipinski definition) is 3. The first-order valence-electron chi connectivity index (χ1n) is 4.51. The SMILES string of the molecule is CCC(C)(C)ON1C(=O)CCC1=O. The summed E-state index contributed by atoms with van der Waals surface area (Å²) < 4.78 is 0. The molecule has 0 bridgehead atoms. The maximum Gasteiger partial charge on any atom is 0.254 e. The van der Waals surface area contributed by atoms with Gasteiger partial charge in [0.2, 0.25) is 0 Å². The van der Waals surface area contributed by atoms with E-state index in [2.05, 4.69) is 0 Å². The van der Waals surface area contributed by atoms with Gasteiger partial charge >= 0.3 is 0 Å². The van der Waals surface area contributed by atoms with Crippen LogP contribution in [0.4, 0.5) is 0 Å². The van der Waals surface area contributed by atoms with Crippen LogP contribution in [0.3, 0.4) is 0 Å². The van der Waals surface area contributed by atoms with Gasteiger partial charge in [0.25, 0.3) is 11.8 Å². The van der Waals surface area contributed by atoms with E-state index in [4.69, 9.17) is 4.84 Å². The number of rotatable bonds is 3. The number of hydrogen-bond donors (Lipinski definition) is 0. The van der Waals surface area contributed by atoms with Gasteiger partial charge in [-0.25, -0.2) is 0 Å². The molecule has 13 heavy (non-hydrogen) atoms. The molecule has 0 aliphatic carbocycles. The van der Waals surface area contributed by atoms with Gasteiger partial charge < -0.3 is 0 Å². The lowest BCUT2D eigenvalue weighted by molar-refractivity contribution is -0.223. The molecule has 0 unspecified atom stereocenters. The average molecular weight is 185 g/mol. The van der Waals surface area contributed by atoms with Crippen LogP contribution in [-0.2, 0) is 14.4 Å². The molecular formula is C9H15NO3. The van der Waals surface area contributed by atoms with E-state index in [-0.39, 0.29) is 24.7 Å². The molecular weight excluding hydrogens is 170 g/mol. The molecule has 0 aromatic rings. The molecule has 1 fully saturated rings. The van der Waals surface area contributed by atoms with Crippen molar-refractivity contribution in [3.63, 3.8) is 0 Å². The van der Waals surface area contributed by atoms with E-state index >= 15 is 0 Å². The van der Waals surface area contributed by atoms with Crippen LogP contribution >= 0.6 is 0 Å².